The molecule has 0 radical (unpaired) electrons. The van der Waals surface area contributed by atoms with Gasteiger partial charge < -0.3 is 5.11 Å². The highest BCUT2D eigenvalue weighted by Crippen LogP contribution is 2.35. The molecule has 21 heavy (non-hydrogen) atoms. The number of fused-ring (bicyclic) bond motifs is 1. The van der Waals surface area contributed by atoms with Crippen LogP contribution < -0.4 is 0 Å². The molecule has 1 atom stereocenters. The van der Waals surface area contributed by atoms with E-state index in [0.717, 1.165) is 22.4 Å². The maximum Gasteiger partial charge on any atom is 0.325 e. The molecule has 1 N–H and O–H groups in total. The van der Waals surface area contributed by atoms with Crippen LogP contribution in [0.5, 0.6) is 0 Å². The second kappa shape index (κ2) is 5.97. The number of hydrogen-bond donors (Lipinski definition) is 1. The SMILES string of the molecule is O=C(O)C1c2ccsc2CCN1Cc1cc(Cl)ccc1Cl. The molecular weight excluding hydrogens is 329 g/mol. The van der Waals surface area contributed by atoms with Crippen molar-refractivity contribution in [3.05, 3.63) is 55.7 Å². The summed E-state index contributed by atoms with van der Waals surface area (Å²) in [6.45, 7) is 1.18. The number of nitrogens with zero attached hydrogens (tertiary/aromatic N) is 1. The van der Waals surface area contributed by atoms with Crippen LogP contribution in [-0.2, 0) is 17.8 Å². The zero-order chi connectivity index (χ0) is 15.0. The molecule has 0 aliphatic carbocycles. The van der Waals surface area contributed by atoms with Crippen molar-refractivity contribution < 1.29 is 9.90 Å². The Hall–Kier alpha value is -1.07. The summed E-state index contributed by atoms with van der Waals surface area (Å²) < 4.78 is 0. The summed E-state index contributed by atoms with van der Waals surface area (Å²) in [6, 6.07) is 6.57. The van der Waals surface area contributed by atoms with Gasteiger partial charge in [0.1, 0.15) is 6.04 Å². The average molecular weight is 342 g/mol. The van der Waals surface area contributed by atoms with Crippen molar-refractivity contribution in [3.63, 3.8) is 0 Å². The molecule has 1 aliphatic heterocycles. The van der Waals surface area contributed by atoms with E-state index in [2.05, 4.69) is 0 Å². The largest absolute Gasteiger partial charge is 0.480 e. The molecule has 0 saturated heterocycles. The van der Waals surface area contributed by atoms with E-state index in [4.69, 9.17) is 23.2 Å². The Morgan fingerprint density at radius 1 is 1.38 bits per heavy atom. The summed E-state index contributed by atoms with van der Waals surface area (Å²) in [6.07, 6.45) is 0.870. The Kier molecular flexibility index (Phi) is 4.22. The van der Waals surface area contributed by atoms with E-state index in [1.807, 2.05) is 16.3 Å². The summed E-state index contributed by atoms with van der Waals surface area (Å²) in [5.74, 6) is -0.826. The van der Waals surface area contributed by atoms with Crippen molar-refractivity contribution in [2.45, 2.75) is 19.0 Å². The maximum atomic E-state index is 11.7. The van der Waals surface area contributed by atoms with Gasteiger partial charge in [0.2, 0.25) is 0 Å². The first-order chi connectivity index (χ1) is 10.1. The number of carbonyl (C=O) groups is 1. The van der Waals surface area contributed by atoms with Crippen LogP contribution >= 0.6 is 34.5 Å². The summed E-state index contributed by atoms with van der Waals surface area (Å²) in [4.78, 5) is 14.8. The zero-order valence-corrected chi connectivity index (χ0v) is 13.4. The highest BCUT2D eigenvalue weighted by atomic mass is 35.5. The number of rotatable bonds is 3. The van der Waals surface area contributed by atoms with Gasteiger partial charge in [-0.25, -0.2) is 0 Å². The number of benzene rings is 1. The van der Waals surface area contributed by atoms with Crippen molar-refractivity contribution in [1.82, 2.24) is 4.90 Å². The molecule has 1 unspecified atom stereocenters. The van der Waals surface area contributed by atoms with E-state index < -0.39 is 12.0 Å². The van der Waals surface area contributed by atoms with Gasteiger partial charge in [-0.3, -0.25) is 9.69 Å². The number of thiophene rings is 1. The normalized spacial score (nSPS) is 18.5. The van der Waals surface area contributed by atoms with Crippen LogP contribution in [0.2, 0.25) is 10.0 Å². The lowest BCUT2D eigenvalue weighted by Crippen LogP contribution is -2.38. The third kappa shape index (κ3) is 2.94. The summed E-state index contributed by atoms with van der Waals surface area (Å²) in [5.41, 5.74) is 1.76. The molecule has 1 aliphatic rings. The highest BCUT2D eigenvalue weighted by Gasteiger charge is 2.33. The molecule has 2 heterocycles. The van der Waals surface area contributed by atoms with Crippen molar-refractivity contribution in [3.8, 4) is 0 Å². The lowest BCUT2D eigenvalue weighted by Gasteiger charge is -2.33. The van der Waals surface area contributed by atoms with Crippen molar-refractivity contribution in [2.24, 2.45) is 0 Å². The molecule has 3 rings (SSSR count). The summed E-state index contributed by atoms with van der Waals surface area (Å²) in [7, 11) is 0. The molecule has 0 amide bonds. The second-order valence-electron chi connectivity index (χ2n) is 5.00. The summed E-state index contributed by atoms with van der Waals surface area (Å²) in [5, 5.41) is 12.8. The van der Waals surface area contributed by atoms with Crippen molar-refractivity contribution >= 4 is 40.5 Å². The second-order valence-corrected chi connectivity index (χ2v) is 6.84. The highest BCUT2D eigenvalue weighted by molar-refractivity contribution is 7.10. The van der Waals surface area contributed by atoms with E-state index in [1.165, 1.54) is 0 Å². The molecule has 0 fully saturated rings. The maximum absolute atomic E-state index is 11.7. The van der Waals surface area contributed by atoms with Gasteiger partial charge in [0, 0.05) is 28.0 Å². The van der Waals surface area contributed by atoms with E-state index in [-0.39, 0.29) is 0 Å². The Bertz CT molecular complexity index is 686. The quantitative estimate of drug-likeness (QED) is 0.907. The standard InChI is InChI=1S/C15H13Cl2NO2S/c16-10-1-2-12(17)9(7-10)8-18-5-3-13-11(4-6-21-13)14(18)15(19)20/h1-2,4,6-7,14H,3,5,8H2,(H,19,20). The van der Waals surface area contributed by atoms with Crippen LogP contribution in [0.3, 0.4) is 0 Å². The lowest BCUT2D eigenvalue weighted by atomic mass is 9.99. The minimum absolute atomic E-state index is 0.478. The number of halogens is 2. The van der Waals surface area contributed by atoms with Gasteiger partial charge in [-0.1, -0.05) is 23.2 Å². The van der Waals surface area contributed by atoms with Gasteiger partial charge in [0.25, 0.3) is 0 Å². The minimum atomic E-state index is -0.826. The number of aliphatic carboxylic acids is 1. The van der Waals surface area contributed by atoms with Gasteiger partial charge in [-0.2, -0.15) is 0 Å². The molecule has 0 saturated carbocycles. The lowest BCUT2D eigenvalue weighted by molar-refractivity contribution is -0.144. The molecule has 0 spiro atoms. The first kappa shape index (κ1) is 14.9. The van der Waals surface area contributed by atoms with E-state index >= 15 is 0 Å². The van der Waals surface area contributed by atoms with Gasteiger partial charge in [-0.05, 0) is 47.2 Å². The zero-order valence-electron chi connectivity index (χ0n) is 11.1. The molecule has 6 heteroatoms. The van der Waals surface area contributed by atoms with Crippen LogP contribution in [0.4, 0.5) is 0 Å². The predicted octanol–water partition coefficient (Wildman–Crippen LogP) is 4.24. The van der Waals surface area contributed by atoms with Gasteiger partial charge in [0.05, 0.1) is 0 Å². The van der Waals surface area contributed by atoms with E-state index in [9.17, 15) is 9.90 Å². The van der Waals surface area contributed by atoms with E-state index in [0.29, 0.717) is 23.1 Å². The first-order valence-electron chi connectivity index (χ1n) is 6.53. The minimum Gasteiger partial charge on any atom is -0.480 e. The molecule has 3 nitrogen and oxygen atoms in total. The predicted molar refractivity (Wildman–Crippen MR) is 85.3 cm³/mol. The van der Waals surface area contributed by atoms with Crippen LogP contribution in [-0.4, -0.2) is 22.5 Å². The van der Waals surface area contributed by atoms with E-state index in [1.54, 1.807) is 29.5 Å². The molecule has 110 valence electrons. The van der Waals surface area contributed by atoms with Gasteiger partial charge in [0.15, 0.2) is 0 Å². The average Bonchev–Trinajstić information content (AvgIpc) is 2.90. The molecule has 0 bridgehead atoms. The fourth-order valence-electron chi connectivity index (χ4n) is 2.71. The van der Waals surface area contributed by atoms with Crippen molar-refractivity contribution in [2.75, 3.05) is 6.54 Å². The van der Waals surface area contributed by atoms with Crippen LogP contribution in [0.1, 0.15) is 22.0 Å². The monoisotopic (exact) mass is 341 g/mol. The number of hydrogen-bond acceptors (Lipinski definition) is 3. The third-order valence-electron chi connectivity index (χ3n) is 3.68. The van der Waals surface area contributed by atoms with Crippen molar-refractivity contribution in [1.29, 1.82) is 0 Å². The smallest absolute Gasteiger partial charge is 0.325 e. The van der Waals surface area contributed by atoms with Crippen LogP contribution in [0, 0.1) is 0 Å². The third-order valence-corrected chi connectivity index (χ3v) is 5.28. The Balaban J connectivity index is 1.91. The molecule has 1 aromatic carbocycles. The number of carboxylic acid groups (broad SMARTS) is 1. The Morgan fingerprint density at radius 2 is 2.19 bits per heavy atom. The number of carboxylic acids is 1. The van der Waals surface area contributed by atoms with Crippen LogP contribution in [0.15, 0.2) is 29.6 Å². The fraction of sp³-hybridized carbons (Fsp3) is 0.267. The van der Waals surface area contributed by atoms with Gasteiger partial charge >= 0.3 is 5.97 Å². The first-order valence-corrected chi connectivity index (χ1v) is 8.17. The van der Waals surface area contributed by atoms with Gasteiger partial charge in [-0.15, -0.1) is 11.3 Å². The Labute approximate surface area is 136 Å². The Morgan fingerprint density at radius 3 is 2.95 bits per heavy atom. The molecular formula is C15H13Cl2NO2S. The molecule has 1 aromatic heterocycles. The molecule has 2 aromatic rings. The van der Waals surface area contributed by atoms with Crippen LogP contribution in [0.25, 0.3) is 0 Å². The summed E-state index contributed by atoms with van der Waals surface area (Å²) >= 11 is 13.8. The fourth-order valence-corrected chi connectivity index (χ4v) is 3.99. The topological polar surface area (TPSA) is 40.5 Å².